The summed E-state index contributed by atoms with van der Waals surface area (Å²) < 4.78 is 5.24. The number of methoxy groups -OCH3 is 1. The summed E-state index contributed by atoms with van der Waals surface area (Å²) in [5, 5.41) is 24.5. The first-order valence-electron chi connectivity index (χ1n) is 10.0. The van der Waals surface area contributed by atoms with E-state index in [0.29, 0.717) is 32.5 Å². The van der Waals surface area contributed by atoms with Crippen molar-refractivity contribution in [1.82, 2.24) is 10.2 Å². The number of benzene rings is 1. The lowest BCUT2D eigenvalue weighted by molar-refractivity contribution is -0.157. The maximum atomic E-state index is 12.9. The number of rotatable bonds is 8. The molecule has 0 bridgehead atoms. The van der Waals surface area contributed by atoms with Crippen LogP contribution < -0.4 is 10.1 Å². The Balaban J connectivity index is 1.53. The fraction of sp³-hybridized carbons (Fsp3) is 0.667. The summed E-state index contributed by atoms with van der Waals surface area (Å²) in [6, 6.07) is 7.66. The second kappa shape index (κ2) is 8.59. The molecule has 3 N–H and O–H groups in total. The fourth-order valence-corrected chi connectivity index (χ4v) is 4.27. The van der Waals surface area contributed by atoms with Crippen LogP contribution in [0, 0.1) is 0 Å². The fourth-order valence-electron chi connectivity index (χ4n) is 4.27. The van der Waals surface area contributed by atoms with Crippen molar-refractivity contribution in [3.63, 3.8) is 0 Å². The van der Waals surface area contributed by atoms with E-state index in [-0.39, 0.29) is 12.5 Å². The molecule has 1 atom stereocenters. The highest BCUT2D eigenvalue weighted by Crippen LogP contribution is 2.32. The minimum Gasteiger partial charge on any atom is -0.497 e. The molecule has 1 saturated heterocycles. The zero-order valence-corrected chi connectivity index (χ0v) is 16.2. The largest absolute Gasteiger partial charge is 0.497 e. The van der Waals surface area contributed by atoms with Crippen LogP contribution in [0.5, 0.6) is 5.75 Å². The van der Waals surface area contributed by atoms with E-state index in [1.807, 2.05) is 24.3 Å². The minimum absolute atomic E-state index is 0.219. The highest BCUT2D eigenvalue weighted by Gasteiger charge is 2.42. The summed E-state index contributed by atoms with van der Waals surface area (Å²) in [7, 11) is 1.62. The summed E-state index contributed by atoms with van der Waals surface area (Å²) in [5.74, 6) is 0.544. The number of likely N-dealkylation sites (tertiary alicyclic amines) is 1. The third-order valence-electron chi connectivity index (χ3n) is 5.93. The van der Waals surface area contributed by atoms with Crippen molar-refractivity contribution in [3.8, 4) is 5.75 Å². The standard InChI is InChI=1S/C21H32N2O4/c1-27-18-7-4-6-17(14-18)15-23-13-5-10-21(26,19(23)24)16-22-12-11-20(25)8-2-3-9-20/h4,6-7,14,22,25-26H,2-3,5,8-13,15-16H2,1H3/t21-/m0/s1. The van der Waals surface area contributed by atoms with Crippen LogP contribution in [0.4, 0.5) is 0 Å². The Morgan fingerprint density at radius 1 is 1.19 bits per heavy atom. The van der Waals surface area contributed by atoms with E-state index in [4.69, 9.17) is 4.74 Å². The molecule has 1 aliphatic carbocycles. The van der Waals surface area contributed by atoms with Gasteiger partial charge in [-0.15, -0.1) is 0 Å². The van der Waals surface area contributed by atoms with Gasteiger partial charge in [0.05, 0.1) is 12.7 Å². The second-order valence-electron chi connectivity index (χ2n) is 8.07. The van der Waals surface area contributed by atoms with Gasteiger partial charge < -0.3 is 25.2 Å². The molecular weight excluding hydrogens is 344 g/mol. The quantitative estimate of drug-likeness (QED) is 0.603. The molecule has 0 spiro atoms. The molecule has 2 fully saturated rings. The Morgan fingerprint density at radius 3 is 2.70 bits per heavy atom. The van der Waals surface area contributed by atoms with E-state index in [9.17, 15) is 15.0 Å². The highest BCUT2D eigenvalue weighted by atomic mass is 16.5. The number of nitrogens with one attached hydrogen (secondary N) is 1. The topological polar surface area (TPSA) is 82.0 Å². The molecular formula is C21H32N2O4. The van der Waals surface area contributed by atoms with Gasteiger partial charge in [-0.2, -0.15) is 0 Å². The lowest BCUT2D eigenvalue weighted by atomic mass is 9.91. The molecule has 1 heterocycles. The third kappa shape index (κ3) is 5.00. The number of carbonyl (C=O) groups excluding carboxylic acids is 1. The normalized spacial score (nSPS) is 25.0. The van der Waals surface area contributed by atoms with Crippen molar-refractivity contribution in [3.05, 3.63) is 29.8 Å². The number of hydrogen-bond donors (Lipinski definition) is 3. The first-order chi connectivity index (χ1) is 12.9. The van der Waals surface area contributed by atoms with Crippen LogP contribution in [0.1, 0.15) is 50.5 Å². The number of nitrogens with zero attached hydrogens (tertiary/aromatic N) is 1. The van der Waals surface area contributed by atoms with Crippen LogP contribution >= 0.6 is 0 Å². The molecule has 0 aromatic heterocycles. The van der Waals surface area contributed by atoms with Crippen LogP contribution in [0.15, 0.2) is 24.3 Å². The molecule has 1 saturated carbocycles. The summed E-state index contributed by atoms with van der Waals surface area (Å²) in [6.07, 6.45) is 5.79. The summed E-state index contributed by atoms with van der Waals surface area (Å²) >= 11 is 0. The van der Waals surface area contributed by atoms with Gasteiger partial charge in [-0.25, -0.2) is 0 Å². The van der Waals surface area contributed by atoms with Crippen LogP contribution in [-0.4, -0.2) is 59.0 Å². The van der Waals surface area contributed by atoms with Gasteiger partial charge in [0.25, 0.3) is 5.91 Å². The Bertz CT molecular complexity index is 645. The minimum atomic E-state index is -1.37. The molecule has 1 aromatic rings. The number of ether oxygens (including phenoxy) is 1. The maximum absolute atomic E-state index is 12.9. The molecule has 0 radical (unpaired) electrons. The number of piperidine rings is 1. The predicted molar refractivity (Wildman–Crippen MR) is 103 cm³/mol. The summed E-state index contributed by atoms with van der Waals surface area (Å²) in [5.41, 5.74) is -0.941. The Morgan fingerprint density at radius 2 is 1.96 bits per heavy atom. The number of amides is 1. The Hall–Kier alpha value is -1.63. The number of aliphatic hydroxyl groups is 2. The van der Waals surface area contributed by atoms with Gasteiger partial charge in [0.15, 0.2) is 5.60 Å². The average molecular weight is 376 g/mol. The molecule has 27 heavy (non-hydrogen) atoms. The van der Waals surface area contributed by atoms with Crippen molar-refractivity contribution in [2.24, 2.45) is 0 Å². The summed E-state index contributed by atoms with van der Waals surface area (Å²) in [4.78, 5) is 14.6. The second-order valence-corrected chi connectivity index (χ2v) is 8.07. The first kappa shape index (κ1) is 20.1. The zero-order valence-electron chi connectivity index (χ0n) is 16.2. The van der Waals surface area contributed by atoms with Crippen molar-refractivity contribution >= 4 is 5.91 Å². The molecule has 150 valence electrons. The Kier molecular flexibility index (Phi) is 6.40. The van der Waals surface area contributed by atoms with Gasteiger partial charge in [0, 0.05) is 19.6 Å². The molecule has 1 amide bonds. The van der Waals surface area contributed by atoms with Crippen LogP contribution in [-0.2, 0) is 11.3 Å². The molecule has 0 unspecified atom stereocenters. The van der Waals surface area contributed by atoms with Crippen LogP contribution in [0.2, 0.25) is 0 Å². The number of carbonyl (C=O) groups is 1. The van der Waals surface area contributed by atoms with Crippen molar-refractivity contribution in [1.29, 1.82) is 0 Å². The SMILES string of the molecule is COc1cccc(CN2CCC[C@](O)(CNCCC3(O)CCCC3)C2=O)c1. The monoisotopic (exact) mass is 376 g/mol. The smallest absolute Gasteiger partial charge is 0.256 e. The van der Waals surface area contributed by atoms with E-state index < -0.39 is 11.2 Å². The van der Waals surface area contributed by atoms with Gasteiger partial charge in [-0.05, 0) is 56.3 Å². The molecule has 1 aliphatic heterocycles. The lowest BCUT2D eigenvalue weighted by Crippen LogP contribution is -2.57. The number of hydrogen-bond acceptors (Lipinski definition) is 5. The van der Waals surface area contributed by atoms with Gasteiger partial charge in [0.2, 0.25) is 0 Å². The van der Waals surface area contributed by atoms with E-state index >= 15 is 0 Å². The molecule has 1 aromatic carbocycles. The van der Waals surface area contributed by atoms with Gasteiger partial charge in [-0.3, -0.25) is 4.79 Å². The van der Waals surface area contributed by atoms with E-state index in [1.165, 1.54) is 0 Å². The van der Waals surface area contributed by atoms with Gasteiger partial charge in [-0.1, -0.05) is 25.0 Å². The first-order valence-corrected chi connectivity index (χ1v) is 10.0. The van der Waals surface area contributed by atoms with Crippen molar-refractivity contribution in [2.45, 2.75) is 62.7 Å². The van der Waals surface area contributed by atoms with Crippen molar-refractivity contribution in [2.75, 3.05) is 26.7 Å². The van der Waals surface area contributed by atoms with Gasteiger partial charge in [0.1, 0.15) is 5.75 Å². The summed E-state index contributed by atoms with van der Waals surface area (Å²) in [6.45, 7) is 1.97. The third-order valence-corrected chi connectivity index (χ3v) is 5.93. The predicted octanol–water partition coefficient (Wildman–Crippen LogP) is 1.83. The van der Waals surface area contributed by atoms with Gasteiger partial charge >= 0.3 is 0 Å². The Labute approximate surface area is 161 Å². The lowest BCUT2D eigenvalue weighted by Gasteiger charge is -2.38. The average Bonchev–Trinajstić information content (AvgIpc) is 3.10. The molecule has 6 nitrogen and oxygen atoms in total. The molecule has 3 rings (SSSR count). The highest BCUT2D eigenvalue weighted by molar-refractivity contribution is 5.86. The zero-order chi connectivity index (χ0) is 19.3. The maximum Gasteiger partial charge on any atom is 0.256 e. The van der Waals surface area contributed by atoms with Crippen LogP contribution in [0.3, 0.4) is 0 Å². The van der Waals surface area contributed by atoms with E-state index in [2.05, 4.69) is 5.32 Å². The van der Waals surface area contributed by atoms with Crippen molar-refractivity contribution < 1.29 is 19.7 Å². The van der Waals surface area contributed by atoms with Crippen LogP contribution in [0.25, 0.3) is 0 Å². The molecule has 6 heteroatoms. The molecule has 2 aliphatic rings. The van der Waals surface area contributed by atoms with E-state index in [1.54, 1.807) is 12.0 Å². The van der Waals surface area contributed by atoms with E-state index in [0.717, 1.165) is 43.4 Å².